The molecule has 4 N–H and O–H groups in total. The Balaban J connectivity index is 2.45. The quantitative estimate of drug-likeness (QED) is 0.534. The van der Waals surface area contributed by atoms with Crippen LogP contribution in [0.25, 0.3) is 0 Å². The Bertz CT molecular complexity index is 347. The highest BCUT2D eigenvalue weighted by Gasteiger charge is 2.05. The Kier molecular flexibility index (Phi) is 5.35. The molecule has 1 rings (SSSR count). The molecule has 0 saturated heterocycles. The number of anilines is 2. The molecule has 0 aliphatic carbocycles. The first-order valence-electron chi connectivity index (χ1n) is 5.24. The molecule has 0 atom stereocenters. The summed E-state index contributed by atoms with van der Waals surface area (Å²) in [6.45, 7) is 0.941. The predicted molar refractivity (Wildman–Crippen MR) is 65.2 cm³/mol. The third-order valence-electron chi connectivity index (χ3n) is 2.24. The van der Waals surface area contributed by atoms with Gasteiger partial charge in [-0.2, -0.15) is 0 Å². The molecule has 0 bridgehead atoms. The first-order chi connectivity index (χ1) is 7.65. The van der Waals surface area contributed by atoms with Crippen molar-refractivity contribution >= 4 is 23.0 Å². The van der Waals surface area contributed by atoms with E-state index >= 15 is 0 Å². The van der Waals surface area contributed by atoms with Gasteiger partial charge in [-0.15, -0.1) is 0 Å². The number of aliphatic hydroxyl groups excluding tert-OH is 1. The zero-order chi connectivity index (χ0) is 12.0. The van der Waals surface area contributed by atoms with Gasteiger partial charge in [-0.1, -0.05) is 11.6 Å². The smallest absolute Gasteiger partial charge is 0.143 e. The van der Waals surface area contributed by atoms with Gasteiger partial charge in [0.25, 0.3) is 0 Å². The molecule has 3 nitrogen and oxygen atoms in total. The van der Waals surface area contributed by atoms with Gasteiger partial charge in [0.1, 0.15) is 5.82 Å². The molecule has 0 aliphatic heterocycles. The number of unbranched alkanes of at least 4 members (excludes halogenated alkanes) is 2. The van der Waals surface area contributed by atoms with E-state index in [1.54, 1.807) is 0 Å². The van der Waals surface area contributed by atoms with Crippen LogP contribution in [0.3, 0.4) is 0 Å². The molecule has 16 heavy (non-hydrogen) atoms. The SMILES string of the molecule is Nc1cc(F)c(Cl)cc1NCCCCCO. The van der Waals surface area contributed by atoms with Gasteiger partial charge in [0.2, 0.25) is 0 Å². The first kappa shape index (κ1) is 13.1. The molecule has 5 heteroatoms. The molecule has 0 unspecified atom stereocenters. The van der Waals surface area contributed by atoms with E-state index in [1.807, 2.05) is 0 Å². The average Bonchev–Trinajstić information content (AvgIpc) is 2.25. The fraction of sp³-hybridized carbons (Fsp3) is 0.455. The molecular weight excluding hydrogens is 231 g/mol. The van der Waals surface area contributed by atoms with Crippen LogP contribution in [0.1, 0.15) is 19.3 Å². The van der Waals surface area contributed by atoms with Crippen molar-refractivity contribution in [3.8, 4) is 0 Å². The molecule has 1 aromatic carbocycles. The van der Waals surface area contributed by atoms with Crippen LogP contribution in [0.4, 0.5) is 15.8 Å². The van der Waals surface area contributed by atoms with E-state index in [0.29, 0.717) is 11.4 Å². The summed E-state index contributed by atoms with van der Waals surface area (Å²) in [5, 5.41) is 11.7. The molecule has 0 aromatic heterocycles. The summed E-state index contributed by atoms with van der Waals surface area (Å²) < 4.78 is 13.0. The highest BCUT2D eigenvalue weighted by atomic mass is 35.5. The number of nitrogens with two attached hydrogens (primary N) is 1. The fourth-order valence-electron chi connectivity index (χ4n) is 1.35. The lowest BCUT2D eigenvalue weighted by molar-refractivity contribution is 0.283. The molecule has 90 valence electrons. The average molecular weight is 247 g/mol. The number of benzene rings is 1. The molecule has 1 aromatic rings. The van der Waals surface area contributed by atoms with Crippen LogP contribution in [-0.2, 0) is 0 Å². The Morgan fingerprint density at radius 2 is 2.06 bits per heavy atom. The lowest BCUT2D eigenvalue weighted by Crippen LogP contribution is -2.05. The molecule has 0 fully saturated rings. The van der Waals surface area contributed by atoms with Crippen molar-refractivity contribution in [2.75, 3.05) is 24.2 Å². The fourth-order valence-corrected chi connectivity index (χ4v) is 1.52. The number of rotatable bonds is 6. The van der Waals surface area contributed by atoms with Crippen molar-refractivity contribution in [3.63, 3.8) is 0 Å². The van der Waals surface area contributed by atoms with Gasteiger partial charge in [0.05, 0.1) is 16.4 Å². The largest absolute Gasteiger partial charge is 0.397 e. The summed E-state index contributed by atoms with van der Waals surface area (Å²) in [6.07, 6.45) is 2.66. The number of hydrogen-bond acceptors (Lipinski definition) is 3. The van der Waals surface area contributed by atoms with E-state index in [2.05, 4.69) is 5.32 Å². The van der Waals surface area contributed by atoms with E-state index in [0.717, 1.165) is 25.8 Å². The zero-order valence-corrected chi connectivity index (χ0v) is 9.73. The van der Waals surface area contributed by atoms with Crippen LogP contribution in [-0.4, -0.2) is 18.3 Å². The van der Waals surface area contributed by atoms with Crippen molar-refractivity contribution in [1.29, 1.82) is 0 Å². The molecule has 0 aliphatic rings. The van der Waals surface area contributed by atoms with Crippen molar-refractivity contribution in [3.05, 3.63) is 23.0 Å². The Morgan fingerprint density at radius 1 is 1.31 bits per heavy atom. The number of aliphatic hydroxyl groups is 1. The van der Waals surface area contributed by atoms with Crippen molar-refractivity contribution in [1.82, 2.24) is 0 Å². The summed E-state index contributed by atoms with van der Waals surface area (Å²) in [5.74, 6) is -0.509. The molecule has 0 radical (unpaired) electrons. The number of nitrogens with one attached hydrogen (secondary N) is 1. The van der Waals surface area contributed by atoms with Gasteiger partial charge in [-0.25, -0.2) is 4.39 Å². The van der Waals surface area contributed by atoms with Crippen LogP contribution < -0.4 is 11.1 Å². The maximum atomic E-state index is 13.0. The van der Waals surface area contributed by atoms with E-state index in [4.69, 9.17) is 22.4 Å². The number of hydrogen-bond donors (Lipinski definition) is 3. The van der Waals surface area contributed by atoms with Gasteiger partial charge >= 0.3 is 0 Å². The van der Waals surface area contributed by atoms with Gasteiger partial charge in [-0.05, 0) is 25.3 Å². The maximum absolute atomic E-state index is 13.0. The van der Waals surface area contributed by atoms with Gasteiger partial charge in [0.15, 0.2) is 0 Å². The number of halogens is 2. The minimum absolute atomic E-state index is 0.0621. The lowest BCUT2D eigenvalue weighted by atomic mass is 10.2. The molecular formula is C11H16ClFN2O. The summed E-state index contributed by atoms with van der Waals surface area (Å²) >= 11 is 5.64. The first-order valence-corrected chi connectivity index (χ1v) is 5.62. The Morgan fingerprint density at radius 3 is 2.75 bits per heavy atom. The van der Waals surface area contributed by atoms with Gasteiger partial charge in [-0.3, -0.25) is 0 Å². The molecule has 0 saturated carbocycles. The second kappa shape index (κ2) is 6.55. The van der Waals surface area contributed by atoms with Crippen LogP contribution in [0.5, 0.6) is 0 Å². The van der Waals surface area contributed by atoms with Crippen LogP contribution >= 0.6 is 11.6 Å². The molecule has 0 spiro atoms. The van der Waals surface area contributed by atoms with Crippen LogP contribution in [0.15, 0.2) is 12.1 Å². The summed E-state index contributed by atoms with van der Waals surface area (Å²) in [7, 11) is 0. The second-order valence-corrected chi connectivity index (χ2v) is 3.97. The van der Waals surface area contributed by atoms with Crippen molar-refractivity contribution in [2.45, 2.75) is 19.3 Å². The van der Waals surface area contributed by atoms with Gasteiger partial charge in [0, 0.05) is 19.2 Å². The van der Waals surface area contributed by atoms with Gasteiger partial charge < -0.3 is 16.2 Å². The van der Waals surface area contributed by atoms with E-state index in [9.17, 15) is 4.39 Å². The van der Waals surface area contributed by atoms with Crippen molar-refractivity contribution in [2.24, 2.45) is 0 Å². The summed E-state index contributed by atoms with van der Waals surface area (Å²) in [6, 6.07) is 2.69. The third kappa shape index (κ3) is 3.87. The van der Waals surface area contributed by atoms with Crippen molar-refractivity contribution < 1.29 is 9.50 Å². The highest BCUT2D eigenvalue weighted by molar-refractivity contribution is 6.31. The maximum Gasteiger partial charge on any atom is 0.143 e. The predicted octanol–water partition coefficient (Wildman–Crippen LogP) is 2.64. The Labute approximate surface area is 99.4 Å². The number of nitrogen functional groups attached to an aromatic ring is 1. The minimum atomic E-state index is -0.509. The van der Waals surface area contributed by atoms with E-state index in [1.165, 1.54) is 12.1 Å². The third-order valence-corrected chi connectivity index (χ3v) is 2.53. The lowest BCUT2D eigenvalue weighted by Gasteiger charge is -2.09. The van der Waals surface area contributed by atoms with E-state index in [-0.39, 0.29) is 11.6 Å². The minimum Gasteiger partial charge on any atom is -0.397 e. The van der Waals surface area contributed by atoms with Crippen LogP contribution in [0.2, 0.25) is 5.02 Å². The highest BCUT2D eigenvalue weighted by Crippen LogP contribution is 2.26. The van der Waals surface area contributed by atoms with Crippen LogP contribution in [0, 0.1) is 5.82 Å². The topological polar surface area (TPSA) is 58.3 Å². The zero-order valence-electron chi connectivity index (χ0n) is 8.97. The molecule has 0 amide bonds. The normalized spacial score (nSPS) is 10.4. The molecule has 0 heterocycles. The standard InChI is InChI=1S/C11H16ClFN2O/c12-8-6-11(10(14)7-9(8)13)15-4-2-1-3-5-16/h6-7,15-16H,1-5,14H2. The second-order valence-electron chi connectivity index (χ2n) is 3.56. The Hall–Kier alpha value is -1.00. The van der Waals surface area contributed by atoms with E-state index < -0.39 is 5.82 Å². The summed E-state index contributed by atoms with van der Waals surface area (Å²) in [5.41, 5.74) is 6.63. The monoisotopic (exact) mass is 246 g/mol. The summed E-state index contributed by atoms with van der Waals surface area (Å²) in [4.78, 5) is 0.